The molecule has 0 radical (unpaired) electrons. The summed E-state index contributed by atoms with van der Waals surface area (Å²) in [6.07, 6.45) is 2.80. The Morgan fingerprint density at radius 3 is 2.88 bits per heavy atom. The number of anilines is 1. The minimum Gasteiger partial charge on any atom is -0.490 e. The van der Waals surface area contributed by atoms with E-state index in [-0.39, 0.29) is 17.7 Å². The van der Waals surface area contributed by atoms with Gasteiger partial charge in [-0.25, -0.2) is 9.97 Å². The van der Waals surface area contributed by atoms with E-state index in [1.165, 1.54) is 16.6 Å². The number of aryl methyl sites for hydroxylation is 2. The van der Waals surface area contributed by atoms with Crippen molar-refractivity contribution in [2.24, 2.45) is 0 Å². The van der Waals surface area contributed by atoms with Gasteiger partial charge in [-0.05, 0) is 49.9 Å². The lowest BCUT2D eigenvalue weighted by Crippen LogP contribution is -2.32. The second-order valence-corrected chi connectivity index (χ2v) is 10.3. The van der Waals surface area contributed by atoms with E-state index in [0.29, 0.717) is 24.2 Å². The highest BCUT2D eigenvalue weighted by molar-refractivity contribution is 7.99. The van der Waals surface area contributed by atoms with Gasteiger partial charge in [0.25, 0.3) is 0 Å². The summed E-state index contributed by atoms with van der Waals surface area (Å²) in [6.45, 7) is 6.17. The summed E-state index contributed by atoms with van der Waals surface area (Å²) in [7, 11) is 0. The molecule has 168 valence electrons. The van der Waals surface area contributed by atoms with Crippen LogP contribution in [0.15, 0.2) is 23.4 Å². The van der Waals surface area contributed by atoms with Gasteiger partial charge in [0.2, 0.25) is 5.91 Å². The molecule has 1 unspecified atom stereocenters. The third-order valence-electron chi connectivity index (χ3n) is 6.09. The predicted octanol–water partition coefficient (Wildman–Crippen LogP) is 4.51. The smallest absolute Gasteiger partial charge is 0.233 e. The van der Waals surface area contributed by atoms with Crippen LogP contribution >= 0.6 is 23.1 Å². The standard InChI is InChI=1S/C23H26N4O3S2/c1-13-14(2)32-22-20(13)21(24)25-23(26-22)31-12-19(28)27-8-3-5-16(27)15-6-7-17-18(11-15)30-10-4-9-29-17/h6-7,11,16H,3-5,8-10,12H2,1-2H3,(H2,24,25,26). The van der Waals surface area contributed by atoms with Gasteiger partial charge in [-0.1, -0.05) is 17.8 Å². The Hall–Kier alpha value is -2.52. The van der Waals surface area contributed by atoms with Crippen molar-refractivity contribution in [3.05, 3.63) is 34.2 Å². The summed E-state index contributed by atoms with van der Waals surface area (Å²) < 4.78 is 11.6. The lowest BCUT2D eigenvalue weighted by Gasteiger charge is -2.25. The quantitative estimate of drug-likeness (QED) is 0.443. The summed E-state index contributed by atoms with van der Waals surface area (Å²) in [5.74, 6) is 2.41. The Morgan fingerprint density at radius 1 is 1.22 bits per heavy atom. The summed E-state index contributed by atoms with van der Waals surface area (Å²) in [5.41, 5.74) is 8.41. The molecule has 1 saturated heterocycles. The van der Waals surface area contributed by atoms with Gasteiger partial charge in [0.1, 0.15) is 10.6 Å². The SMILES string of the molecule is Cc1sc2nc(SCC(=O)N3CCCC3c3ccc4c(c3)OCCCO4)nc(N)c2c1C. The summed E-state index contributed by atoms with van der Waals surface area (Å²) in [4.78, 5) is 26.2. The van der Waals surface area contributed by atoms with Crippen molar-refractivity contribution in [3.8, 4) is 11.5 Å². The molecule has 4 heterocycles. The van der Waals surface area contributed by atoms with Crippen LogP contribution in [0.25, 0.3) is 10.2 Å². The molecule has 0 aliphatic carbocycles. The third-order valence-corrected chi connectivity index (χ3v) is 8.02. The van der Waals surface area contributed by atoms with Crippen molar-refractivity contribution in [1.29, 1.82) is 0 Å². The maximum Gasteiger partial charge on any atom is 0.233 e. The fraction of sp³-hybridized carbons (Fsp3) is 0.435. The van der Waals surface area contributed by atoms with E-state index in [2.05, 4.69) is 23.0 Å². The number of aromatic nitrogens is 2. The number of hydrogen-bond acceptors (Lipinski definition) is 8. The zero-order valence-corrected chi connectivity index (χ0v) is 19.9. The normalized spacial score (nSPS) is 18.2. The molecule has 2 aromatic heterocycles. The molecule has 2 aliphatic heterocycles. The minimum atomic E-state index is 0.0521. The molecule has 1 atom stereocenters. The fourth-order valence-electron chi connectivity index (χ4n) is 4.33. The average Bonchev–Trinajstić information content (AvgIpc) is 3.29. The molecule has 2 N–H and O–H groups in total. The van der Waals surface area contributed by atoms with Crippen LogP contribution in [0, 0.1) is 13.8 Å². The fourth-order valence-corrected chi connectivity index (χ4v) is 6.16. The van der Waals surface area contributed by atoms with Crippen LogP contribution in [0.1, 0.15) is 41.3 Å². The molecule has 1 fully saturated rings. The third kappa shape index (κ3) is 3.99. The largest absolute Gasteiger partial charge is 0.490 e. The molecular formula is C23H26N4O3S2. The molecule has 9 heteroatoms. The van der Waals surface area contributed by atoms with E-state index in [9.17, 15) is 4.79 Å². The van der Waals surface area contributed by atoms with Crippen LogP contribution in [0.3, 0.4) is 0 Å². The van der Waals surface area contributed by atoms with E-state index in [1.807, 2.05) is 24.0 Å². The van der Waals surface area contributed by atoms with E-state index < -0.39 is 0 Å². The minimum absolute atomic E-state index is 0.0521. The number of hydrogen-bond donors (Lipinski definition) is 1. The van der Waals surface area contributed by atoms with Gasteiger partial charge >= 0.3 is 0 Å². The van der Waals surface area contributed by atoms with Gasteiger partial charge < -0.3 is 20.1 Å². The number of likely N-dealkylation sites (tertiary alicyclic amines) is 1. The monoisotopic (exact) mass is 470 g/mol. The number of amides is 1. The van der Waals surface area contributed by atoms with Crippen LogP contribution in [0.4, 0.5) is 5.82 Å². The molecule has 1 aromatic carbocycles. The van der Waals surface area contributed by atoms with Crippen molar-refractivity contribution in [1.82, 2.24) is 14.9 Å². The van der Waals surface area contributed by atoms with E-state index >= 15 is 0 Å². The van der Waals surface area contributed by atoms with Gasteiger partial charge in [0.05, 0.1) is 30.4 Å². The van der Waals surface area contributed by atoms with Crippen molar-refractivity contribution in [2.45, 2.75) is 44.3 Å². The number of benzene rings is 1. The van der Waals surface area contributed by atoms with Gasteiger partial charge in [0, 0.05) is 17.8 Å². The molecule has 32 heavy (non-hydrogen) atoms. The number of nitrogens with zero attached hydrogens (tertiary/aromatic N) is 3. The molecular weight excluding hydrogens is 444 g/mol. The number of thiophene rings is 1. The number of nitrogen functional groups attached to an aromatic ring is 1. The molecule has 2 aliphatic rings. The lowest BCUT2D eigenvalue weighted by atomic mass is 10.0. The first-order valence-electron chi connectivity index (χ1n) is 10.9. The van der Waals surface area contributed by atoms with E-state index in [4.69, 9.17) is 15.2 Å². The number of nitrogens with two attached hydrogens (primary N) is 1. The number of carbonyl (C=O) groups excluding carboxylic acids is 1. The van der Waals surface area contributed by atoms with E-state index in [0.717, 1.165) is 58.6 Å². The molecule has 7 nitrogen and oxygen atoms in total. The number of thioether (sulfide) groups is 1. The number of ether oxygens (including phenoxy) is 2. The highest BCUT2D eigenvalue weighted by atomic mass is 32.2. The second-order valence-electron chi connectivity index (χ2n) is 8.15. The molecule has 0 bridgehead atoms. The second kappa shape index (κ2) is 8.78. The Bertz CT molecular complexity index is 1180. The number of fused-ring (bicyclic) bond motifs is 2. The Balaban J connectivity index is 1.30. The van der Waals surface area contributed by atoms with Crippen molar-refractivity contribution < 1.29 is 14.3 Å². The number of carbonyl (C=O) groups is 1. The number of rotatable bonds is 4. The maximum absolute atomic E-state index is 13.1. The first kappa shape index (κ1) is 21.3. The molecule has 1 amide bonds. The zero-order valence-electron chi connectivity index (χ0n) is 18.2. The molecule has 3 aromatic rings. The maximum atomic E-state index is 13.1. The van der Waals surface area contributed by atoms with Gasteiger partial charge in [-0.2, -0.15) is 0 Å². The van der Waals surface area contributed by atoms with Crippen LogP contribution in [0.2, 0.25) is 0 Å². The average molecular weight is 471 g/mol. The van der Waals surface area contributed by atoms with Crippen LogP contribution in [0.5, 0.6) is 11.5 Å². The highest BCUT2D eigenvalue weighted by Gasteiger charge is 2.31. The first-order valence-corrected chi connectivity index (χ1v) is 12.7. The van der Waals surface area contributed by atoms with Crippen LogP contribution in [-0.2, 0) is 4.79 Å². The lowest BCUT2D eigenvalue weighted by molar-refractivity contribution is -0.129. The van der Waals surface area contributed by atoms with Gasteiger partial charge in [0.15, 0.2) is 16.7 Å². The van der Waals surface area contributed by atoms with Crippen LogP contribution < -0.4 is 15.2 Å². The summed E-state index contributed by atoms with van der Waals surface area (Å²) in [6, 6.07) is 6.10. The molecule has 0 spiro atoms. The van der Waals surface area contributed by atoms with Crippen molar-refractivity contribution in [3.63, 3.8) is 0 Å². The highest BCUT2D eigenvalue weighted by Crippen LogP contribution is 2.38. The predicted molar refractivity (Wildman–Crippen MR) is 128 cm³/mol. The summed E-state index contributed by atoms with van der Waals surface area (Å²) in [5, 5.41) is 1.48. The van der Waals surface area contributed by atoms with Crippen molar-refractivity contribution >= 4 is 45.0 Å². The van der Waals surface area contributed by atoms with Crippen molar-refractivity contribution in [2.75, 3.05) is 31.2 Å². The Kier molecular flexibility index (Phi) is 5.86. The molecule has 5 rings (SSSR count). The van der Waals surface area contributed by atoms with E-state index in [1.54, 1.807) is 11.3 Å². The topological polar surface area (TPSA) is 90.6 Å². The molecule has 0 saturated carbocycles. The van der Waals surface area contributed by atoms with Crippen LogP contribution in [-0.4, -0.2) is 46.3 Å². The zero-order chi connectivity index (χ0) is 22.2. The summed E-state index contributed by atoms with van der Waals surface area (Å²) >= 11 is 2.97. The Labute approximate surface area is 195 Å². The van der Waals surface area contributed by atoms with Gasteiger partial charge in [-0.15, -0.1) is 11.3 Å². The first-order chi connectivity index (χ1) is 15.5. The van der Waals surface area contributed by atoms with Gasteiger partial charge in [-0.3, -0.25) is 4.79 Å². The Morgan fingerprint density at radius 2 is 2.03 bits per heavy atom.